The smallest absolute Gasteiger partial charge is 0.194 e. The molecule has 4 rings (SSSR count). The molecule has 0 atom stereocenters. The Labute approximate surface area is 194 Å². The molecular weight excluding hydrogens is 420 g/mol. The number of hydrogen-bond acceptors (Lipinski definition) is 8. The van der Waals surface area contributed by atoms with Crippen LogP contribution in [-0.2, 0) is 17.9 Å². The summed E-state index contributed by atoms with van der Waals surface area (Å²) in [5.74, 6) is 1.97. The molecule has 1 N–H and O–H groups in total. The number of morpholine rings is 1. The minimum atomic E-state index is 0.233. The molecule has 1 aliphatic rings. The Kier molecular flexibility index (Phi) is 8.24. The van der Waals surface area contributed by atoms with Crippen molar-refractivity contribution in [1.82, 2.24) is 30.4 Å². The zero-order valence-corrected chi connectivity index (χ0v) is 19.4. The highest BCUT2D eigenvalue weighted by Crippen LogP contribution is 2.29. The maximum absolute atomic E-state index is 6.00. The zero-order chi connectivity index (χ0) is 22.9. The summed E-state index contributed by atoms with van der Waals surface area (Å²) in [4.78, 5) is 2.45. The summed E-state index contributed by atoms with van der Waals surface area (Å²) < 4.78 is 18.6. The largest absolute Gasteiger partial charge is 0.493 e. The molecule has 33 heavy (non-hydrogen) atoms. The fourth-order valence-electron chi connectivity index (χ4n) is 3.75. The number of benzene rings is 2. The molecule has 2 aromatic carbocycles. The van der Waals surface area contributed by atoms with Crippen LogP contribution in [0.25, 0.3) is 5.69 Å². The number of aryl methyl sites for hydroxylation is 1. The molecule has 1 aliphatic heterocycles. The van der Waals surface area contributed by atoms with E-state index in [-0.39, 0.29) is 6.61 Å². The van der Waals surface area contributed by atoms with E-state index >= 15 is 0 Å². The second-order valence-electron chi connectivity index (χ2n) is 8.10. The number of nitrogens with zero attached hydrogens (tertiary/aromatic N) is 5. The van der Waals surface area contributed by atoms with Gasteiger partial charge in [0.2, 0.25) is 0 Å². The number of ether oxygens (including phenoxy) is 3. The number of nitrogens with one attached hydrogen (secondary N) is 1. The van der Waals surface area contributed by atoms with Crippen molar-refractivity contribution in [3.05, 3.63) is 59.4 Å². The third kappa shape index (κ3) is 6.50. The Bertz CT molecular complexity index is 1000. The molecule has 9 heteroatoms. The van der Waals surface area contributed by atoms with Crippen molar-refractivity contribution >= 4 is 0 Å². The van der Waals surface area contributed by atoms with E-state index in [1.807, 2.05) is 43.3 Å². The molecule has 3 aromatic rings. The van der Waals surface area contributed by atoms with Gasteiger partial charge in [-0.15, -0.1) is 5.10 Å². The van der Waals surface area contributed by atoms with Crippen LogP contribution >= 0.6 is 0 Å². The van der Waals surface area contributed by atoms with Gasteiger partial charge in [0, 0.05) is 19.6 Å². The predicted molar refractivity (Wildman–Crippen MR) is 125 cm³/mol. The number of aromatic nitrogens is 4. The molecule has 9 nitrogen and oxygen atoms in total. The topological polar surface area (TPSA) is 86.6 Å². The fraction of sp³-hybridized carbons (Fsp3) is 0.458. The van der Waals surface area contributed by atoms with Gasteiger partial charge in [0.05, 0.1) is 26.0 Å². The van der Waals surface area contributed by atoms with Gasteiger partial charge in [-0.25, -0.2) is 0 Å². The molecule has 0 unspecified atom stereocenters. The summed E-state index contributed by atoms with van der Waals surface area (Å²) in [7, 11) is 1.65. The van der Waals surface area contributed by atoms with E-state index in [4.69, 9.17) is 14.2 Å². The molecule has 176 valence electrons. The second kappa shape index (κ2) is 11.7. The Morgan fingerprint density at radius 3 is 2.67 bits per heavy atom. The van der Waals surface area contributed by atoms with Crippen LogP contribution in [0.15, 0.2) is 42.5 Å². The maximum atomic E-state index is 6.00. The first-order chi connectivity index (χ1) is 16.2. The van der Waals surface area contributed by atoms with E-state index < -0.39 is 0 Å². The lowest BCUT2D eigenvalue weighted by atomic mass is 10.2. The first kappa shape index (κ1) is 23.2. The summed E-state index contributed by atoms with van der Waals surface area (Å²) >= 11 is 0. The first-order valence-electron chi connectivity index (χ1n) is 11.4. The molecule has 0 aliphatic carbocycles. The lowest BCUT2D eigenvalue weighted by Crippen LogP contribution is -2.37. The van der Waals surface area contributed by atoms with E-state index in [0.29, 0.717) is 17.3 Å². The zero-order valence-electron chi connectivity index (χ0n) is 19.4. The van der Waals surface area contributed by atoms with Crippen LogP contribution in [0.3, 0.4) is 0 Å². The van der Waals surface area contributed by atoms with E-state index in [0.717, 1.165) is 63.6 Å². The van der Waals surface area contributed by atoms with Crippen LogP contribution in [-0.4, -0.2) is 71.6 Å². The van der Waals surface area contributed by atoms with Gasteiger partial charge >= 0.3 is 0 Å². The summed E-state index contributed by atoms with van der Waals surface area (Å²) in [5, 5.41) is 15.5. The van der Waals surface area contributed by atoms with Crippen LogP contribution in [0, 0.1) is 6.92 Å². The first-order valence-corrected chi connectivity index (χ1v) is 11.4. The Hall–Kier alpha value is -3.01. The van der Waals surface area contributed by atoms with Crippen molar-refractivity contribution < 1.29 is 14.2 Å². The highest BCUT2D eigenvalue weighted by Gasteiger charge is 2.12. The maximum Gasteiger partial charge on any atom is 0.194 e. The van der Waals surface area contributed by atoms with E-state index in [2.05, 4.69) is 31.8 Å². The van der Waals surface area contributed by atoms with Gasteiger partial charge in [0.15, 0.2) is 23.9 Å². The Balaban J connectivity index is 1.28. The molecule has 0 bridgehead atoms. The summed E-state index contributed by atoms with van der Waals surface area (Å²) in [6.07, 6.45) is 1.12. The molecule has 0 radical (unpaired) electrons. The SMILES string of the molecule is COc1cc(CNCCCN2CCOCC2)ccc1OCc1nnnn1-c1ccc(C)cc1. The number of tetrazole rings is 1. The van der Waals surface area contributed by atoms with Gasteiger partial charge in [0.25, 0.3) is 0 Å². The highest BCUT2D eigenvalue weighted by atomic mass is 16.5. The van der Waals surface area contributed by atoms with Crippen LogP contribution in [0.2, 0.25) is 0 Å². The van der Waals surface area contributed by atoms with Gasteiger partial charge in [0.1, 0.15) is 0 Å². The molecule has 1 aromatic heterocycles. The molecule has 2 heterocycles. The molecule has 0 spiro atoms. The third-order valence-corrected chi connectivity index (χ3v) is 5.66. The average Bonchev–Trinajstić information content (AvgIpc) is 3.32. The Morgan fingerprint density at radius 1 is 1.06 bits per heavy atom. The van der Waals surface area contributed by atoms with E-state index in [1.54, 1.807) is 11.8 Å². The van der Waals surface area contributed by atoms with Gasteiger partial charge in [-0.3, -0.25) is 4.90 Å². The highest BCUT2D eigenvalue weighted by molar-refractivity contribution is 5.43. The molecule has 0 amide bonds. The predicted octanol–water partition coefficient (Wildman–Crippen LogP) is 2.37. The molecule has 0 saturated carbocycles. The van der Waals surface area contributed by atoms with Crippen LogP contribution in [0.5, 0.6) is 11.5 Å². The standard InChI is InChI=1S/C24H32N6O3/c1-19-4-7-21(8-5-19)30-24(26-27-28-30)18-33-22-9-6-20(16-23(22)31-2)17-25-10-3-11-29-12-14-32-15-13-29/h4-9,16,25H,3,10-15,17-18H2,1-2H3. The Morgan fingerprint density at radius 2 is 1.88 bits per heavy atom. The lowest BCUT2D eigenvalue weighted by molar-refractivity contribution is 0.0374. The van der Waals surface area contributed by atoms with Gasteiger partial charge in [-0.2, -0.15) is 4.68 Å². The van der Waals surface area contributed by atoms with Crippen molar-refractivity contribution in [2.24, 2.45) is 0 Å². The summed E-state index contributed by atoms with van der Waals surface area (Å²) in [5.41, 5.74) is 3.22. The lowest BCUT2D eigenvalue weighted by Gasteiger charge is -2.26. The van der Waals surface area contributed by atoms with E-state index in [9.17, 15) is 0 Å². The summed E-state index contributed by atoms with van der Waals surface area (Å²) in [6, 6.07) is 14.0. The van der Waals surface area contributed by atoms with Crippen molar-refractivity contribution in [1.29, 1.82) is 0 Å². The van der Waals surface area contributed by atoms with Crippen molar-refractivity contribution in [2.45, 2.75) is 26.5 Å². The second-order valence-corrected chi connectivity index (χ2v) is 8.10. The van der Waals surface area contributed by atoms with Gasteiger partial charge < -0.3 is 19.5 Å². The minimum absolute atomic E-state index is 0.233. The number of rotatable bonds is 11. The van der Waals surface area contributed by atoms with Gasteiger partial charge in [-0.1, -0.05) is 23.8 Å². The van der Waals surface area contributed by atoms with Crippen LogP contribution in [0.1, 0.15) is 23.4 Å². The van der Waals surface area contributed by atoms with Crippen molar-refractivity contribution in [3.8, 4) is 17.2 Å². The third-order valence-electron chi connectivity index (χ3n) is 5.66. The monoisotopic (exact) mass is 452 g/mol. The van der Waals surface area contributed by atoms with Crippen molar-refractivity contribution in [2.75, 3.05) is 46.5 Å². The molecule has 1 fully saturated rings. The number of methoxy groups -OCH3 is 1. The average molecular weight is 453 g/mol. The summed E-state index contributed by atoms with van der Waals surface area (Å²) in [6.45, 7) is 8.91. The van der Waals surface area contributed by atoms with Gasteiger partial charge in [-0.05, 0) is 66.7 Å². The molecule has 1 saturated heterocycles. The quantitative estimate of drug-likeness (QED) is 0.444. The van der Waals surface area contributed by atoms with E-state index in [1.165, 1.54) is 5.56 Å². The van der Waals surface area contributed by atoms with Crippen LogP contribution < -0.4 is 14.8 Å². The normalized spacial score (nSPS) is 14.4. The van der Waals surface area contributed by atoms with Crippen molar-refractivity contribution in [3.63, 3.8) is 0 Å². The fourth-order valence-corrected chi connectivity index (χ4v) is 3.75. The van der Waals surface area contributed by atoms with Crippen LogP contribution in [0.4, 0.5) is 0 Å². The molecular formula is C24H32N6O3. The minimum Gasteiger partial charge on any atom is -0.493 e. The number of hydrogen-bond donors (Lipinski definition) is 1.